The fourth-order valence-corrected chi connectivity index (χ4v) is 4.79. The topological polar surface area (TPSA) is 87.9 Å². The highest BCUT2D eigenvalue weighted by Gasteiger charge is 2.30. The SMILES string of the molecule is CC(Nc1nc2nc(CO)nc(NC(C)C3CCC3)c2n1Cc1ccc(C(F)(F)F)cc1)c1ccccc1. The van der Waals surface area contributed by atoms with Crippen LogP contribution in [-0.2, 0) is 19.3 Å². The number of nitrogens with one attached hydrogen (secondary N) is 2. The van der Waals surface area contributed by atoms with Crippen molar-refractivity contribution in [2.24, 2.45) is 5.92 Å². The first-order chi connectivity index (χ1) is 18.2. The Morgan fingerprint density at radius 3 is 2.29 bits per heavy atom. The van der Waals surface area contributed by atoms with Gasteiger partial charge in [-0.05, 0) is 55.9 Å². The van der Waals surface area contributed by atoms with Gasteiger partial charge in [-0.3, -0.25) is 0 Å². The Labute approximate surface area is 219 Å². The third-order valence-corrected chi connectivity index (χ3v) is 7.28. The fraction of sp³-hybridized carbons (Fsp3) is 0.393. The molecule has 200 valence electrons. The van der Waals surface area contributed by atoms with Crippen molar-refractivity contribution >= 4 is 22.9 Å². The highest BCUT2D eigenvalue weighted by molar-refractivity contribution is 5.86. The van der Waals surface area contributed by atoms with Crippen LogP contribution >= 0.6 is 0 Å². The largest absolute Gasteiger partial charge is 0.416 e. The third kappa shape index (κ3) is 5.45. The second-order valence-corrected chi connectivity index (χ2v) is 9.94. The Kier molecular flexibility index (Phi) is 7.25. The van der Waals surface area contributed by atoms with E-state index < -0.39 is 11.7 Å². The Morgan fingerprint density at radius 1 is 0.974 bits per heavy atom. The molecule has 1 aliphatic rings. The smallest absolute Gasteiger partial charge is 0.388 e. The van der Waals surface area contributed by atoms with E-state index in [9.17, 15) is 18.3 Å². The molecule has 0 aliphatic heterocycles. The Hall–Kier alpha value is -3.66. The standard InChI is InChI=1S/C28H31F3N6O/c1-17(21-9-6-10-21)32-25-24-26(35-23(16-38)34-25)36-27(33-18(2)20-7-4-3-5-8-20)37(24)15-19-11-13-22(14-12-19)28(29,30)31/h3-5,7-8,11-14,17-18,21,38H,6,9-10,15-16H2,1-2H3,(H2,32,33,34,35,36). The molecular weight excluding hydrogens is 493 g/mol. The van der Waals surface area contributed by atoms with E-state index in [1.54, 1.807) is 0 Å². The summed E-state index contributed by atoms with van der Waals surface area (Å²) >= 11 is 0. The van der Waals surface area contributed by atoms with Gasteiger partial charge in [0.15, 0.2) is 17.3 Å². The molecule has 10 heteroatoms. The molecule has 2 unspecified atom stereocenters. The Morgan fingerprint density at radius 2 is 1.68 bits per heavy atom. The lowest BCUT2D eigenvalue weighted by molar-refractivity contribution is -0.137. The molecule has 1 fully saturated rings. The minimum Gasteiger partial charge on any atom is -0.388 e. The van der Waals surface area contributed by atoms with Crippen LogP contribution in [0.2, 0.25) is 0 Å². The van der Waals surface area contributed by atoms with Gasteiger partial charge in [0.1, 0.15) is 12.1 Å². The summed E-state index contributed by atoms with van der Waals surface area (Å²) in [5.74, 6) is 1.85. The molecule has 2 aromatic heterocycles. The Bertz CT molecular complexity index is 1380. The zero-order chi connectivity index (χ0) is 26.9. The van der Waals surface area contributed by atoms with Crippen LogP contribution in [0.25, 0.3) is 11.2 Å². The number of alkyl halides is 3. The van der Waals surface area contributed by atoms with Gasteiger partial charge < -0.3 is 20.3 Å². The molecule has 38 heavy (non-hydrogen) atoms. The summed E-state index contributed by atoms with van der Waals surface area (Å²) in [6, 6.07) is 15.1. The molecule has 2 aromatic carbocycles. The van der Waals surface area contributed by atoms with Crippen molar-refractivity contribution in [3.63, 3.8) is 0 Å². The number of rotatable bonds is 9. The average Bonchev–Trinajstić information content (AvgIpc) is 3.19. The Balaban J connectivity index is 1.58. The van der Waals surface area contributed by atoms with Gasteiger partial charge in [0.2, 0.25) is 5.95 Å². The number of halogens is 3. The van der Waals surface area contributed by atoms with Crippen LogP contribution in [-0.4, -0.2) is 30.7 Å². The average molecular weight is 525 g/mol. The fourth-order valence-electron chi connectivity index (χ4n) is 4.79. The maximum atomic E-state index is 13.1. The number of imidazole rings is 1. The van der Waals surface area contributed by atoms with Gasteiger partial charge in [-0.2, -0.15) is 18.2 Å². The highest BCUT2D eigenvalue weighted by atomic mass is 19.4. The molecule has 5 rings (SSSR count). The van der Waals surface area contributed by atoms with E-state index in [1.165, 1.54) is 18.6 Å². The summed E-state index contributed by atoms with van der Waals surface area (Å²) < 4.78 is 41.3. The lowest BCUT2D eigenvalue weighted by Crippen LogP contribution is -2.31. The number of hydrogen-bond acceptors (Lipinski definition) is 6. The summed E-state index contributed by atoms with van der Waals surface area (Å²) in [5, 5.41) is 16.8. The highest BCUT2D eigenvalue weighted by Crippen LogP contribution is 2.34. The molecule has 1 saturated carbocycles. The van der Waals surface area contributed by atoms with Gasteiger partial charge in [0, 0.05) is 6.04 Å². The van der Waals surface area contributed by atoms with Crippen molar-refractivity contribution in [3.05, 3.63) is 77.1 Å². The molecule has 0 spiro atoms. The van der Waals surface area contributed by atoms with E-state index in [0.717, 1.165) is 30.5 Å². The van der Waals surface area contributed by atoms with Crippen molar-refractivity contribution in [1.29, 1.82) is 0 Å². The molecule has 3 N–H and O–H groups in total. The number of hydrogen-bond donors (Lipinski definition) is 3. The van der Waals surface area contributed by atoms with Crippen molar-refractivity contribution in [3.8, 4) is 0 Å². The van der Waals surface area contributed by atoms with Crippen LogP contribution in [0.1, 0.15) is 61.7 Å². The number of nitrogens with zero attached hydrogens (tertiary/aromatic N) is 4. The maximum absolute atomic E-state index is 13.1. The number of aliphatic hydroxyl groups is 1. The molecule has 4 aromatic rings. The van der Waals surface area contributed by atoms with Crippen LogP contribution in [0.4, 0.5) is 24.9 Å². The number of anilines is 2. The normalized spacial score (nSPS) is 15.7. The van der Waals surface area contributed by atoms with Gasteiger partial charge in [-0.25, -0.2) is 9.97 Å². The molecule has 0 bridgehead atoms. The van der Waals surface area contributed by atoms with E-state index in [-0.39, 0.29) is 31.1 Å². The number of benzene rings is 2. The molecule has 1 aliphatic carbocycles. The first kappa shape index (κ1) is 26.0. The summed E-state index contributed by atoms with van der Waals surface area (Å²) in [6.07, 6.45) is -0.917. The van der Waals surface area contributed by atoms with Crippen LogP contribution in [0.3, 0.4) is 0 Å². The van der Waals surface area contributed by atoms with Gasteiger partial charge in [-0.1, -0.05) is 48.9 Å². The molecular formula is C28H31F3N6O. The zero-order valence-corrected chi connectivity index (χ0v) is 21.3. The molecule has 0 amide bonds. The minimum absolute atomic E-state index is 0.102. The van der Waals surface area contributed by atoms with Crippen LogP contribution < -0.4 is 10.6 Å². The minimum atomic E-state index is -4.40. The number of aromatic nitrogens is 4. The molecule has 2 heterocycles. The van der Waals surface area contributed by atoms with Gasteiger partial charge in [-0.15, -0.1) is 0 Å². The molecule has 0 radical (unpaired) electrons. The van der Waals surface area contributed by atoms with Crippen molar-refractivity contribution in [1.82, 2.24) is 19.5 Å². The van der Waals surface area contributed by atoms with Crippen molar-refractivity contribution < 1.29 is 18.3 Å². The molecule has 2 atom stereocenters. The molecule has 7 nitrogen and oxygen atoms in total. The van der Waals surface area contributed by atoms with Crippen molar-refractivity contribution in [2.45, 2.75) is 64.5 Å². The maximum Gasteiger partial charge on any atom is 0.416 e. The summed E-state index contributed by atoms with van der Waals surface area (Å²) in [5.41, 5.74) is 2.08. The lowest BCUT2D eigenvalue weighted by Gasteiger charge is -2.32. The monoisotopic (exact) mass is 524 g/mol. The van der Waals surface area contributed by atoms with E-state index in [4.69, 9.17) is 4.98 Å². The third-order valence-electron chi connectivity index (χ3n) is 7.28. The van der Waals surface area contributed by atoms with E-state index >= 15 is 0 Å². The second kappa shape index (κ2) is 10.6. The second-order valence-electron chi connectivity index (χ2n) is 9.94. The molecule has 0 saturated heterocycles. The predicted molar refractivity (Wildman–Crippen MR) is 141 cm³/mol. The number of aliphatic hydroxyl groups excluding tert-OH is 1. The predicted octanol–water partition coefficient (Wildman–Crippen LogP) is 6.16. The van der Waals surface area contributed by atoms with E-state index in [1.807, 2.05) is 41.8 Å². The summed E-state index contributed by atoms with van der Waals surface area (Å²) in [4.78, 5) is 13.8. The lowest BCUT2D eigenvalue weighted by atomic mass is 9.80. The first-order valence-corrected chi connectivity index (χ1v) is 12.8. The van der Waals surface area contributed by atoms with Gasteiger partial charge in [0.05, 0.1) is 18.2 Å². The first-order valence-electron chi connectivity index (χ1n) is 12.8. The zero-order valence-electron chi connectivity index (χ0n) is 21.3. The summed E-state index contributed by atoms with van der Waals surface area (Å²) in [7, 11) is 0. The summed E-state index contributed by atoms with van der Waals surface area (Å²) in [6.45, 7) is 4.05. The van der Waals surface area contributed by atoms with Gasteiger partial charge >= 0.3 is 6.18 Å². The number of fused-ring (bicyclic) bond motifs is 1. The quantitative estimate of drug-likeness (QED) is 0.243. The van der Waals surface area contributed by atoms with Gasteiger partial charge in [0.25, 0.3) is 0 Å². The van der Waals surface area contributed by atoms with E-state index in [2.05, 4.69) is 27.5 Å². The van der Waals surface area contributed by atoms with E-state index in [0.29, 0.717) is 34.4 Å². The van der Waals surface area contributed by atoms with Crippen molar-refractivity contribution in [2.75, 3.05) is 10.6 Å². The van der Waals surface area contributed by atoms with Crippen LogP contribution in [0, 0.1) is 5.92 Å². The van der Waals surface area contributed by atoms with Crippen LogP contribution in [0.5, 0.6) is 0 Å². The van der Waals surface area contributed by atoms with Crippen LogP contribution in [0.15, 0.2) is 54.6 Å².